The van der Waals surface area contributed by atoms with Gasteiger partial charge in [0.1, 0.15) is 11.3 Å². The minimum atomic E-state index is -0.601. The Bertz CT molecular complexity index is 1290. The minimum absolute atomic E-state index is 0.0538. The Kier molecular flexibility index (Phi) is 6.00. The van der Waals surface area contributed by atoms with Gasteiger partial charge in [0.15, 0.2) is 10.9 Å². The average molecular weight is 470 g/mol. The van der Waals surface area contributed by atoms with Crippen LogP contribution in [0.25, 0.3) is 15.5 Å². The molecule has 2 aromatic heterocycles. The molecule has 0 aliphatic heterocycles. The zero-order valence-electron chi connectivity index (χ0n) is 16.5. The standard InChI is InChI=1S/C19H15N7O4S2/c1-2-30-15-8-5-12(9-14(15)26(28)29)16(27)22-18(31)21-13-6-3-11(4-7-13)17-24-25-10-20-23-19(25)32-17/h3-10H,2H2,1H3,(H2,21,22,27,31). The van der Waals surface area contributed by atoms with Crippen LogP contribution in [0, 0.1) is 10.1 Å². The van der Waals surface area contributed by atoms with Gasteiger partial charge in [-0.3, -0.25) is 20.2 Å². The van der Waals surface area contributed by atoms with Gasteiger partial charge in [0, 0.05) is 22.9 Å². The van der Waals surface area contributed by atoms with Crippen molar-refractivity contribution in [1.82, 2.24) is 25.1 Å². The van der Waals surface area contributed by atoms with Crippen LogP contribution in [0.1, 0.15) is 17.3 Å². The van der Waals surface area contributed by atoms with Crippen molar-refractivity contribution in [3.63, 3.8) is 0 Å². The number of nitrogens with zero attached hydrogens (tertiary/aromatic N) is 5. The lowest BCUT2D eigenvalue weighted by Crippen LogP contribution is -2.34. The Hall–Kier alpha value is -3.97. The number of hydrogen-bond acceptors (Lipinski definition) is 9. The Morgan fingerprint density at radius 2 is 2.06 bits per heavy atom. The first-order valence-corrected chi connectivity index (χ1v) is 10.5. The highest BCUT2D eigenvalue weighted by molar-refractivity contribution is 7.80. The largest absolute Gasteiger partial charge is 0.487 e. The van der Waals surface area contributed by atoms with E-state index >= 15 is 0 Å². The number of benzene rings is 2. The third-order valence-electron chi connectivity index (χ3n) is 4.22. The lowest BCUT2D eigenvalue weighted by atomic mass is 10.1. The molecule has 0 saturated carbocycles. The Balaban J connectivity index is 1.41. The fourth-order valence-electron chi connectivity index (χ4n) is 2.79. The Morgan fingerprint density at radius 3 is 2.75 bits per heavy atom. The molecule has 0 aliphatic rings. The van der Waals surface area contributed by atoms with Gasteiger partial charge in [-0.1, -0.05) is 11.3 Å². The topological polar surface area (TPSA) is 137 Å². The predicted molar refractivity (Wildman–Crippen MR) is 122 cm³/mol. The van der Waals surface area contributed by atoms with Crippen LogP contribution in [-0.2, 0) is 0 Å². The average Bonchev–Trinajstić information content (AvgIpc) is 3.37. The van der Waals surface area contributed by atoms with E-state index < -0.39 is 10.8 Å². The van der Waals surface area contributed by atoms with Crippen LogP contribution in [-0.4, -0.2) is 42.4 Å². The summed E-state index contributed by atoms with van der Waals surface area (Å²) in [4.78, 5) is 23.8. The van der Waals surface area contributed by atoms with Crippen molar-refractivity contribution in [3.05, 3.63) is 64.5 Å². The fraction of sp³-hybridized carbons (Fsp3) is 0.105. The summed E-state index contributed by atoms with van der Waals surface area (Å²) < 4.78 is 6.82. The van der Waals surface area contributed by atoms with E-state index in [9.17, 15) is 14.9 Å². The monoisotopic (exact) mass is 469 g/mol. The third-order valence-corrected chi connectivity index (χ3v) is 5.39. The summed E-state index contributed by atoms with van der Waals surface area (Å²) in [5.74, 6) is -0.482. The molecule has 0 spiro atoms. The molecule has 0 fully saturated rings. The highest BCUT2D eigenvalue weighted by atomic mass is 32.1. The molecule has 0 bridgehead atoms. The normalized spacial score (nSPS) is 10.7. The quantitative estimate of drug-likeness (QED) is 0.248. The molecule has 2 aromatic carbocycles. The van der Waals surface area contributed by atoms with Crippen LogP contribution in [0.5, 0.6) is 5.75 Å². The Labute approximate surface area is 190 Å². The van der Waals surface area contributed by atoms with Crippen LogP contribution in [0.2, 0.25) is 0 Å². The van der Waals surface area contributed by atoms with Crippen LogP contribution in [0.3, 0.4) is 0 Å². The maximum Gasteiger partial charge on any atom is 0.311 e. The number of carbonyl (C=O) groups is 1. The van der Waals surface area contributed by atoms with E-state index in [0.717, 1.165) is 16.6 Å². The second kappa shape index (κ2) is 9.03. The van der Waals surface area contributed by atoms with Gasteiger partial charge in [0.25, 0.3) is 5.91 Å². The molecule has 0 unspecified atom stereocenters. The molecule has 32 heavy (non-hydrogen) atoms. The molecule has 4 aromatic rings. The number of amides is 1. The van der Waals surface area contributed by atoms with Gasteiger partial charge in [0.05, 0.1) is 11.5 Å². The van der Waals surface area contributed by atoms with Crippen LogP contribution in [0.15, 0.2) is 48.8 Å². The van der Waals surface area contributed by atoms with Gasteiger partial charge < -0.3 is 10.1 Å². The summed E-state index contributed by atoms with van der Waals surface area (Å²) in [6, 6.07) is 11.3. The molecular formula is C19H15N7O4S2. The Morgan fingerprint density at radius 1 is 1.28 bits per heavy atom. The first-order valence-electron chi connectivity index (χ1n) is 9.25. The number of carbonyl (C=O) groups excluding carboxylic acids is 1. The molecule has 162 valence electrons. The first-order chi connectivity index (χ1) is 15.4. The third kappa shape index (κ3) is 4.53. The number of nitro benzene ring substituents is 1. The molecule has 2 heterocycles. The van der Waals surface area contributed by atoms with Gasteiger partial charge in [-0.05, 0) is 55.5 Å². The SMILES string of the molecule is CCOc1ccc(C(=O)NC(=S)Nc2ccc(-c3nn4cnnc4s3)cc2)cc1[N+](=O)[O-]. The lowest BCUT2D eigenvalue weighted by Gasteiger charge is -2.10. The smallest absolute Gasteiger partial charge is 0.311 e. The van der Waals surface area contributed by atoms with Crippen LogP contribution in [0.4, 0.5) is 11.4 Å². The van der Waals surface area contributed by atoms with Crippen molar-refractivity contribution in [2.45, 2.75) is 6.92 Å². The summed E-state index contributed by atoms with van der Waals surface area (Å²) in [7, 11) is 0. The predicted octanol–water partition coefficient (Wildman–Crippen LogP) is 3.29. The van der Waals surface area contributed by atoms with Crippen LogP contribution >= 0.6 is 23.6 Å². The van der Waals surface area contributed by atoms with Crippen molar-refractivity contribution in [3.8, 4) is 16.3 Å². The highest BCUT2D eigenvalue weighted by Crippen LogP contribution is 2.28. The number of fused-ring (bicyclic) bond motifs is 1. The molecule has 0 radical (unpaired) electrons. The maximum atomic E-state index is 12.5. The summed E-state index contributed by atoms with van der Waals surface area (Å²) in [5.41, 5.74) is 1.34. The molecule has 0 saturated heterocycles. The lowest BCUT2D eigenvalue weighted by molar-refractivity contribution is -0.385. The number of nitrogens with one attached hydrogen (secondary N) is 2. The molecule has 11 nitrogen and oxygen atoms in total. The van der Waals surface area contributed by atoms with Crippen molar-refractivity contribution < 1.29 is 14.5 Å². The zero-order valence-corrected chi connectivity index (χ0v) is 18.1. The summed E-state index contributed by atoms with van der Waals surface area (Å²) in [6.45, 7) is 1.99. The van der Waals surface area contributed by atoms with Gasteiger partial charge in [-0.2, -0.15) is 9.61 Å². The highest BCUT2D eigenvalue weighted by Gasteiger charge is 2.19. The fourth-order valence-corrected chi connectivity index (χ4v) is 3.82. The maximum absolute atomic E-state index is 12.5. The molecule has 0 atom stereocenters. The van der Waals surface area contributed by atoms with Crippen molar-refractivity contribution in [2.24, 2.45) is 0 Å². The number of ether oxygens (including phenoxy) is 1. The van der Waals surface area contributed by atoms with E-state index in [2.05, 4.69) is 25.9 Å². The number of thiocarbonyl (C=S) groups is 1. The van der Waals surface area contributed by atoms with E-state index in [1.54, 1.807) is 23.6 Å². The van der Waals surface area contributed by atoms with E-state index in [0.29, 0.717) is 10.6 Å². The number of anilines is 1. The number of nitro groups is 1. The van der Waals surface area contributed by atoms with Gasteiger partial charge >= 0.3 is 5.69 Å². The van der Waals surface area contributed by atoms with E-state index in [1.165, 1.54) is 29.8 Å². The molecule has 1 amide bonds. The van der Waals surface area contributed by atoms with Crippen molar-refractivity contribution >= 4 is 50.9 Å². The number of rotatable bonds is 6. The second-order valence-electron chi connectivity index (χ2n) is 6.32. The minimum Gasteiger partial charge on any atom is -0.487 e. The van der Waals surface area contributed by atoms with E-state index in [1.807, 2.05) is 12.1 Å². The van der Waals surface area contributed by atoms with E-state index in [-0.39, 0.29) is 28.7 Å². The summed E-state index contributed by atoms with van der Waals surface area (Å²) >= 11 is 6.60. The molecule has 0 aliphatic carbocycles. The van der Waals surface area contributed by atoms with Crippen molar-refractivity contribution in [1.29, 1.82) is 0 Å². The molecule has 4 rings (SSSR count). The zero-order chi connectivity index (χ0) is 22.7. The summed E-state index contributed by atoms with van der Waals surface area (Å²) in [5, 5.41) is 29.6. The molecular weight excluding hydrogens is 454 g/mol. The second-order valence-corrected chi connectivity index (χ2v) is 7.69. The first kappa shape index (κ1) is 21.3. The number of hydrogen-bond donors (Lipinski definition) is 2. The van der Waals surface area contributed by atoms with Gasteiger partial charge in [-0.15, -0.1) is 10.2 Å². The van der Waals surface area contributed by atoms with Crippen molar-refractivity contribution in [2.75, 3.05) is 11.9 Å². The summed E-state index contributed by atoms with van der Waals surface area (Å²) in [6.07, 6.45) is 1.53. The van der Waals surface area contributed by atoms with Gasteiger partial charge in [0.2, 0.25) is 4.96 Å². The molecule has 13 heteroatoms. The van der Waals surface area contributed by atoms with Crippen LogP contribution < -0.4 is 15.4 Å². The van der Waals surface area contributed by atoms with Gasteiger partial charge in [-0.25, -0.2) is 0 Å². The molecule has 2 N–H and O–H groups in total. The number of aromatic nitrogens is 4. The van der Waals surface area contributed by atoms with E-state index in [4.69, 9.17) is 17.0 Å².